The van der Waals surface area contributed by atoms with E-state index in [1.54, 1.807) is 31.2 Å². The summed E-state index contributed by atoms with van der Waals surface area (Å²) in [7, 11) is 0. The second kappa shape index (κ2) is 11.5. The number of rotatable bonds is 10. The zero-order chi connectivity index (χ0) is 21.2. The molecule has 2 aromatic rings. The summed E-state index contributed by atoms with van der Waals surface area (Å²) in [5.74, 6) is -0.365. The molecule has 0 radical (unpaired) electrons. The number of aromatic nitrogens is 1. The molecule has 11 heteroatoms. The fourth-order valence-electron chi connectivity index (χ4n) is 2.47. The molecule has 9 nitrogen and oxygen atoms in total. The largest absolute Gasteiger partial charge is 0.755 e. The molecular weight excluding hydrogens is 416 g/mol. The maximum atomic E-state index is 12.3. The summed E-state index contributed by atoms with van der Waals surface area (Å²) in [5.41, 5.74) is 2.28. The highest BCUT2D eigenvalue weighted by Gasteiger charge is 2.19. The highest BCUT2D eigenvalue weighted by molar-refractivity contribution is 7.80. The van der Waals surface area contributed by atoms with E-state index in [1.165, 1.54) is 11.3 Å². The maximum Gasteiger partial charge on any atom is 0.407 e. The molecular formula is C18H23N4O5S2-. The molecule has 0 aliphatic heterocycles. The number of ether oxygens (including phenoxy) is 1. The van der Waals surface area contributed by atoms with Crippen molar-refractivity contribution in [3.63, 3.8) is 0 Å². The maximum absolute atomic E-state index is 12.3. The SMILES string of the molecule is CCOC(=O)NCC(=O)N[C@@H](Cc1ccc(NS(=O)[O-])cc1)c1nc(CC)cs1. The van der Waals surface area contributed by atoms with E-state index in [1.807, 2.05) is 12.3 Å². The van der Waals surface area contributed by atoms with E-state index in [0.29, 0.717) is 12.1 Å². The summed E-state index contributed by atoms with van der Waals surface area (Å²) in [6.07, 6.45) is 0.595. The molecule has 2 atom stereocenters. The van der Waals surface area contributed by atoms with E-state index in [2.05, 4.69) is 20.3 Å². The van der Waals surface area contributed by atoms with Crippen molar-refractivity contribution in [3.05, 3.63) is 45.9 Å². The van der Waals surface area contributed by atoms with E-state index in [4.69, 9.17) is 4.74 Å². The van der Waals surface area contributed by atoms with Crippen LogP contribution in [0.2, 0.25) is 0 Å². The van der Waals surface area contributed by atoms with E-state index >= 15 is 0 Å². The van der Waals surface area contributed by atoms with Crippen molar-refractivity contribution < 1.29 is 23.1 Å². The molecule has 1 aromatic carbocycles. The molecule has 1 heterocycles. The van der Waals surface area contributed by atoms with Crippen LogP contribution in [0.3, 0.4) is 0 Å². The number of benzene rings is 1. The third-order valence-electron chi connectivity index (χ3n) is 3.83. The number of carbonyl (C=O) groups excluding carboxylic acids is 2. The Balaban J connectivity index is 2.07. The first-order valence-corrected chi connectivity index (χ1v) is 11.0. The van der Waals surface area contributed by atoms with E-state index in [9.17, 15) is 18.4 Å². The van der Waals surface area contributed by atoms with Crippen molar-refractivity contribution >= 4 is 40.3 Å². The Morgan fingerprint density at radius 1 is 1.28 bits per heavy atom. The minimum absolute atomic E-state index is 0.209. The Morgan fingerprint density at radius 2 is 2.00 bits per heavy atom. The van der Waals surface area contributed by atoms with Crippen molar-refractivity contribution in [2.75, 3.05) is 17.9 Å². The number of aryl methyl sites for hydroxylation is 1. The fourth-order valence-corrected chi connectivity index (χ4v) is 3.75. The smallest absolute Gasteiger partial charge is 0.407 e. The van der Waals surface area contributed by atoms with Crippen LogP contribution in [0.25, 0.3) is 0 Å². The number of hydrogen-bond donors (Lipinski definition) is 3. The molecule has 3 N–H and O–H groups in total. The van der Waals surface area contributed by atoms with Crippen molar-refractivity contribution in [3.8, 4) is 0 Å². The van der Waals surface area contributed by atoms with Gasteiger partial charge in [-0.15, -0.1) is 11.3 Å². The van der Waals surface area contributed by atoms with Gasteiger partial charge in [-0.3, -0.25) is 9.00 Å². The minimum atomic E-state index is -2.39. The predicted molar refractivity (Wildman–Crippen MR) is 110 cm³/mol. The van der Waals surface area contributed by atoms with Crippen LogP contribution < -0.4 is 15.4 Å². The van der Waals surface area contributed by atoms with Crippen LogP contribution in [0.15, 0.2) is 29.6 Å². The third kappa shape index (κ3) is 7.80. The minimum Gasteiger partial charge on any atom is -0.755 e. The number of alkyl carbamates (subject to hydrolysis) is 1. The normalized spacial score (nSPS) is 12.7. The molecule has 1 aromatic heterocycles. The molecule has 0 saturated carbocycles. The Kier molecular flexibility index (Phi) is 9.03. The monoisotopic (exact) mass is 439 g/mol. The Labute approximate surface area is 175 Å². The van der Waals surface area contributed by atoms with Gasteiger partial charge < -0.3 is 24.6 Å². The van der Waals surface area contributed by atoms with Gasteiger partial charge in [0.2, 0.25) is 5.91 Å². The van der Waals surface area contributed by atoms with Crippen LogP contribution in [-0.4, -0.2) is 38.9 Å². The first kappa shape index (κ1) is 22.8. The van der Waals surface area contributed by atoms with Crippen LogP contribution in [0, 0.1) is 0 Å². The third-order valence-corrected chi connectivity index (χ3v) is 5.24. The molecule has 0 bridgehead atoms. The van der Waals surface area contributed by atoms with Crippen LogP contribution in [-0.2, 0) is 33.6 Å². The zero-order valence-corrected chi connectivity index (χ0v) is 17.7. The van der Waals surface area contributed by atoms with Gasteiger partial charge in [-0.05, 0) is 37.5 Å². The molecule has 0 saturated heterocycles. The van der Waals surface area contributed by atoms with Gasteiger partial charge in [0.05, 0.1) is 18.3 Å². The molecule has 0 spiro atoms. The van der Waals surface area contributed by atoms with Crippen LogP contribution in [0.4, 0.5) is 10.5 Å². The van der Waals surface area contributed by atoms with E-state index < -0.39 is 17.4 Å². The molecule has 2 rings (SSSR count). The van der Waals surface area contributed by atoms with Gasteiger partial charge in [-0.25, -0.2) is 9.78 Å². The lowest BCUT2D eigenvalue weighted by atomic mass is 10.1. The van der Waals surface area contributed by atoms with Crippen LogP contribution >= 0.6 is 11.3 Å². The Bertz CT molecular complexity index is 841. The zero-order valence-electron chi connectivity index (χ0n) is 16.1. The predicted octanol–water partition coefficient (Wildman–Crippen LogP) is 2.06. The van der Waals surface area contributed by atoms with Gasteiger partial charge in [0.25, 0.3) is 0 Å². The van der Waals surface area contributed by atoms with Gasteiger partial charge in [0.1, 0.15) is 11.6 Å². The van der Waals surface area contributed by atoms with Gasteiger partial charge in [0, 0.05) is 22.3 Å². The summed E-state index contributed by atoms with van der Waals surface area (Å²) in [6.45, 7) is 3.69. The molecule has 2 amide bonds. The molecule has 29 heavy (non-hydrogen) atoms. The first-order chi connectivity index (χ1) is 13.9. The summed E-state index contributed by atoms with van der Waals surface area (Å²) in [5, 5.41) is 7.98. The number of nitrogens with zero attached hydrogens (tertiary/aromatic N) is 1. The molecule has 1 unspecified atom stereocenters. The molecule has 158 valence electrons. The standard InChI is InChI=1S/C18H24N4O5S2/c1-3-13-11-28-17(20-13)15(21-16(23)10-19-18(24)27-4-2)9-12-5-7-14(8-6-12)22-29(25)26/h5-8,11,15,22H,3-4,9-10H2,1-2H3,(H,19,24)(H,21,23)(H,25,26)/p-1/t15-/m0/s1. The van der Waals surface area contributed by atoms with Crippen molar-refractivity contribution in [1.29, 1.82) is 0 Å². The number of hydrogen-bond acceptors (Lipinski definition) is 7. The summed E-state index contributed by atoms with van der Waals surface area (Å²) >= 11 is -0.932. The molecule has 0 aliphatic rings. The quantitative estimate of drug-likeness (QED) is 0.486. The average molecular weight is 440 g/mol. The van der Waals surface area contributed by atoms with Gasteiger partial charge in [0.15, 0.2) is 0 Å². The lowest BCUT2D eigenvalue weighted by Crippen LogP contribution is -2.39. The van der Waals surface area contributed by atoms with Crippen LogP contribution in [0.1, 0.15) is 36.2 Å². The number of anilines is 1. The lowest BCUT2D eigenvalue weighted by Gasteiger charge is -2.17. The summed E-state index contributed by atoms with van der Waals surface area (Å²) in [6, 6.07) is 6.46. The summed E-state index contributed by atoms with van der Waals surface area (Å²) in [4.78, 5) is 28.2. The second-order valence-electron chi connectivity index (χ2n) is 5.96. The average Bonchev–Trinajstić information content (AvgIpc) is 3.16. The number of carbonyl (C=O) groups is 2. The van der Waals surface area contributed by atoms with Crippen LogP contribution in [0.5, 0.6) is 0 Å². The fraction of sp³-hybridized carbons (Fsp3) is 0.389. The van der Waals surface area contributed by atoms with Gasteiger partial charge in [-0.2, -0.15) is 0 Å². The Morgan fingerprint density at radius 3 is 2.59 bits per heavy atom. The first-order valence-electron chi connectivity index (χ1n) is 9.00. The van der Waals surface area contributed by atoms with E-state index in [-0.39, 0.29) is 25.1 Å². The van der Waals surface area contributed by atoms with Crippen molar-refractivity contribution in [2.24, 2.45) is 0 Å². The molecule has 0 fully saturated rings. The summed E-state index contributed by atoms with van der Waals surface area (Å²) < 4.78 is 28.5. The topological polar surface area (TPSA) is 132 Å². The van der Waals surface area contributed by atoms with Gasteiger partial charge >= 0.3 is 6.09 Å². The van der Waals surface area contributed by atoms with Crippen molar-refractivity contribution in [2.45, 2.75) is 32.7 Å². The van der Waals surface area contributed by atoms with Crippen molar-refractivity contribution in [1.82, 2.24) is 15.6 Å². The van der Waals surface area contributed by atoms with E-state index in [0.717, 1.165) is 22.7 Å². The number of nitrogens with one attached hydrogen (secondary N) is 3. The lowest BCUT2D eigenvalue weighted by molar-refractivity contribution is -0.120. The van der Waals surface area contributed by atoms with Gasteiger partial charge in [-0.1, -0.05) is 19.1 Å². The molecule has 0 aliphatic carbocycles. The Hall–Kier alpha value is -2.50. The highest BCUT2D eigenvalue weighted by Crippen LogP contribution is 2.23. The second-order valence-corrected chi connectivity index (χ2v) is 7.53. The number of amides is 2. The highest BCUT2D eigenvalue weighted by atomic mass is 32.2. The number of thiazole rings is 1.